The largest absolute Gasteiger partial charge is 0.321 e. The van der Waals surface area contributed by atoms with Gasteiger partial charge in [-0.3, -0.25) is 4.79 Å². The number of benzene rings is 1. The van der Waals surface area contributed by atoms with Gasteiger partial charge < -0.3 is 10.7 Å². The van der Waals surface area contributed by atoms with Crippen LogP contribution in [0.2, 0.25) is 10.0 Å². The minimum Gasteiger partial charge on any atom is -0.321 e. The van der Waals surface area contributed by atoms with Gasteiger partial charge in [-0.2, -0.15) is 0 Å². The van der Waals surface area contributed by atoms with Gasteiger partial charge in [0.2, 0.25) is 0 Å². The Bertz CT molecular complexity index is 618. The highest BCUT2D eigenvalue weighted by atomic mass is 35.5. The molecule has 0 aliphatic heterocycles. The van der Waals surface area contributed by atoms with Crippen LogP contribution in [0.3, 0.4) is 0 Å². The molecule has 0 bridgehead atoms. The number of nitrogen functional groups attached to an aromatic ring is 1. The first kappa shape index (κ1) is 13.6. The van der Waals surface area contributed by atoms with Crippen molar-refractivity contribution in [2.75, 3.05) is 10.7 Å². The molecular weight excluding hydrogens is 287 g/mol. The van der Waals surface area contributed by atoms with Crippen LogP contribution in [0.1, 0.15) is 10.5 Å². The summed E-state index contributed by atoms with van der Waals surface area (Å²) in [5.41, 5.74) is 3.15. The molecule has 0 radical (unpaired) electrons. The average molecular weight is 297 g/mol. The number of hydrazine groups is 1. The SMILES string of the molecule is NNc1cccc(C(=O)Nc2ccc(Cl)c(Cl)c2)n1. The van der Waals surface area contributed by atoms with Gasteiger partial charge in [0.15, 0.2) is 0 Å². The summed E-state index contributed by atoms with van der Waals surface area (Å²) in [6.45, 7) is 0. The smallest absolute Gasteiger partial charge is 0.274 e. The van der Waals surface area contributed by atoms with Crippen LogP contribution in [-0.4, -0.2) is 10.9 Å². The van der Waals surface area contributed by atoms with Crippen LogP contribution in [0.5, 0.6) is 0 Å². The third-order valence-corrected chi connectivity index (χ3v) is 3.05. The number of hydrogen-bond donors (Lipinski definition) is 3. The Hall–Kier alpha value is -1.82. The zero-order chi connectivity index (χ0) is 13.8. The van der Waals surface area contributed by atoms with Crippen molar-refractivity contribution in [3.05, 3.63) is 52.1 Å². The van der Waals surface area contributed by atoms with Crippen LogP contribution in [0, 0.1) is 0 Å². The predicted molar refractivity (Wildman–Crippen MR) is 76.5 cm³/mol. The number of nitrogens with one attached hydrogen (secondary N) is 2. The maximum atomic E-state index is 12.0. The van der Waals surface area contributed by atoms with E-state index < -0.39 is 0 Å². The Balaban J connectivity index is 2.18. The van der Waals surface area contributed by atoms with Gasteiger partial charge in [0.25, 0.3) is 5.91 Å². The summed E-state index contributed by atoms with van der Waals surface area (Å²) < 4.78 is 0. The number of amides is 1. The molecule has 0 atom stereocenters. The number of nitrogens with zero attached hydrogens (tertiary/aromatic N) is 1. The number of hydrogen-bond acceptors (Lipinski definition) is 4. The van der Waals surface area contributed by atoms with E-state index in [1.165, 1.54) is 0 Å². The number of anilines is 2. The number of pyridine rings is 1. The Labute approximate surface area is 119 Å². The van der Waals surface area contributed by atoms with Crippen molar-refractivity contribution in [1.29, 1.82) is 0 Å². The number of halogens is 2. The standard InChI is InChI=1S/C12H10Cl2N4O/c13-8-5-4-7(6-9(8)14)16-12(19)10-2-1-3-11(17-10)18-15/h1-6H,15H2,(H,16,19)(H,17,18). The molecule has 0 aliphatic carbocycles. The van der Waals surface area contributed by atoms with Gasteiger partial charge in [0.1, 0.15) is 11.5 Å². The molecule has 1 heterocycles. The summed E-state index contributed by atoms with van der Waals surface area (Å²) in [6.07, 6.45) is 0. The molecule has 98 valence electrons. The molecule has 1 aromatic carbocycles. The lowest BCUT2D eigenvalue weighted by atomic mass is 10.3. The van der Waals surface area contributed by atoms with E-state index in [1.807, 2.05) is 0 Å². The fourth-order valence-corrected chi connectivity index (χ4v) is 1.71. The van der Waals surface area contributed by atoms with Crippen molar-refractivity contribution in [3.63, 3.8) is 0 Å². The average Bonchev–Trinajstić information content (AvgIpc) is 2.43. The molecule has 7 heteroatoms. The lowest BCUT2D eigenvalue weighted by Gasteiger charge is -2.07. The van der Waals surface area contributed by atoms with E-state index in [0.29, 0.717) is 21.6 Å². The highest BCUT2D eigenvalue weighted by Gasteiger charge is 2.09. The second kappa shape index (κ2) is 5.88. The van der Waals surface area contributed by atoms with E-state index in [4.69, 9.17) is 29.0 Å². The predicted octanol–water partition coefficient (Wildman–Crippen LogP) is 2.93. The molecule has 0 saturated carbocycles. The fourth-order valence-electron chi connectivity index (χ4n) is 1.41. The van der Waals surface area contributed by atoms with Crippen LogP contribution in [0.15, 0.2) is 36.4 Å². The number of carbonyl (C=O) groups is 1. The minimum atomic E-state index is -0.365. The minimum absolute atomic E-state index is 0.238. The first-order valence-electron chi connectivity index (χ1n) is 5.30. The number of carbonyl (C=O) groups excluding carboxylic acids is 1. The number of aromatic nitrogens is 1. The lowest BCUT2D eigenvalue weighted by Crippen LogP contribution is -2.16. The Morgan fingerprint density at radius 3 is 2.63 bits per heavy atom. The third-order valence-electron chi connectivity index (χ3n) is 2.31. The van der Waals surface area contributed by atoms with Crippen LogP contribution >= 0.6 is 23.2 Å². The molecule has 2 rings (SSSR count). The van der Waals surface area contributed by atoms with Crippen LogP contribution in [0.4, 0.5) is 11.5 Å². The molecule has 0 aliphatic rings. The molecule has 1 amide bonds. The Kier molecular flexibility index (Phi) is 4.21. The van der Waals surface area contributed by atoms with Crippen molar-refractivity contribution >= 4 is 40.6 Å². The number of nitrogens with two attached hydrogens (primary N) is 1. The zero-order valence-electron chi connectivity index (χ0n) is 9.65. The van der Waals surface area contributed by atoms with Gasteiger partial charge in [0.05, 0.1) is 10.0 Å². The van der Waals surface area contributed by atoms with E-state index >= 15 is 0 Å². The van der Waals surface area contributed by atoms with E-state index in [1.54, 1.807) is 36.4 Å². The maximum absolute atomic E-state index is 12.0. The summed E-state index contributed by atoms with van der Waals surface area (Å²) in [6, 6.07) is 9.71. The molecular formula is C12H10Cl2N4O. The van der Waals surface area contributed by atoms with Crippen molar-refractivity contribution < 1.29 is 4.79 Å². The monoisotopic (exact) mass is 296 g/mol. The highest BCUT2D eigenvalue weighted by molar-refractivity contribution is 6.42. The van der Waals surface area contributed by atoms with Crippen molar-refractivity contribution in [1.82, 2.24) is 4.98 Å². The van der Waals surface area contributed by atoms with Gasteiger partial charge in [-0.25, -0.2) is 10.8 Å². The van der Waals surface area contributed by atoms with Gasteiger partial charge in [-0.1, -0.05) is 29.3 Å². The summed E-state index contributed by atoms with van der Waals surface area (Å²) in [5.74, 6) is 5.27. The topological polar surface area (TPSA) is 80.0 Å². The van der Waals surface area contributed by atoms with Crippen LogP contribution in [-0.2, 0) is 0 Å². The molecule has 1 aromatic heterocycles. The Morgan fingerprint density at radius 1 is 1.16 bits per heavy atom. The lowest BCUT2D eigenvalue weighted by molar-refractivity contribution is 0.102. The normalized spacial score (nSPS) is 10.1. The first-order valence-corrected chi connectivity index (χ1v) is 6.06. The van der Waals surface area contributed by atoms with E-state index in [0.717, 1.165) is 0 Å². The first-order chi connectivity index (χ1) is 9.10. The molecule has 2 aromatic rings. The second-order valence-corrected chi connectivity index (χ2v) is 4.45. The molecule has 0 spiro atoms. The zero-order valence-corrected chi connectivity index (χ0v) is 11.2. The van der Waals surface area contributed by atoms with E-state index in [2.05, 4.69) is 15.7 Å². The summed E-state index contributed by atoms with van der Waals surface area (Å²) in [7, 11) is 0. The second-order valence-electron chi connectivity index (χ2n) is 3.64. The van der Waals surface area contributed by atoms with Gasteiger partial charge in [0, 0.05) is 5.69 Å². The maximum Gasteiger partial charge on any atom is 0.274 e. The molecule has 4 N–H and O–H groups in total. The van der Waals surface area contributed by atoms with Gasteiger partial charge in [-0.05, 0) is 30.3 Å². The third kappa shape index (κ3) is 3.35. The van der Waals surface area contributed by atoms with Crippen molar-refractivity contribution in [3.8, 4) is 0 Å². The Morgan fingerprint density at radius 2 is 1.95 bits per heavy atom. The van der Waals surface area contributed by atoms with E-state index in [9.17, 15) is 4.79 Å². The quantitative estimate of drug-likeness (QED) is 0.601. The molecule has 0 saturated heterocycles. The van der Waals surface area contributed by atoms with Crippen molar-refractivity contribution in [2.24, 2.45) is 5.84 Å². The summed E-state index contributed by atoms with van der Waals surface area (Å²) in [4.78, 5) is 16.0. The van der Waals surface area contributed by atoms with Crippen LogP contribution in [0.25, 0.3) is 0 Å². The highest BCUT2D eigenvalue weighted by Crippen LogP contribution is 2.25. The van der Waals surface area contributed by atoms with Gasteiger partial charge >= 0.3 is 0 Å². The van der Waals surface area contributed by atoms with E-state index in [-0.39, 0.29) is 11.6 Å². The van der Waals surface area contributed by atoms with Crippen LogP contribution < -0.4 is 16.6 Å². The summed E-state index contributed by atoms with van der Waals surface area (Å²) in [5, 5.41) is 3.45. The van der Waals surface area contributed by atoms with Gasteiger partial charge in [-0.15, -0.1) is 0 Å². The van der Waals surface area contributed by atoms with Crippen molar-refractivity contribution in [2.45, 2.75) is 0 Å². The fraction of sp³-hybridized carbons (Fsp3) is 0. The molecule has 0 fully saturated rings. The number of rotatable bonds is 3. The molecule has 5 nitrogen and oxygen atoms in total. The molecule has 19 heavy (non-hydrogen) atoms. The molecule has 0 unspecified atom stereocenters. The summed E-state index contributed by atoms with van der Waals surface area (Å²) >= 11 is 11.7.